The van der Waals surface area contributed by atoms with E-state index in [0.29, 0.717) is 28.9 Å². The van der Waals surface area contributed by atoms with Gasteiger partial charge in [0.25, 0.3) is 0 Å². The molecule has 0 aliphatic rings. The smallest absolute Gasteiger partial charge is 0.406 e. The van der Waals surface area contributed by atoms with Crippen LogP contribution >= 0.6 is 0 Å². The van der Waals surface area contributed by atoms with Crippen LogP contribution in [0.5, 0.6) is 5.75 Å². The standard InChI is InChI=1S/C17H15F3N2O4/c1-10(23)8-9-22-15-14(25-16(22)24)7-6-13(21-15)11-2-4-12(5-3-11)26-17(18,19)20/h2-7,10,23H,8-9H2,1H3/t10-/m1/s1. The molecule has 0 saturated heterocycles. The molecule has 0 aliphatic heterocycles. The second-order valence-corrected chi connectivity index (χ2v) is 5.75. The quantitative estimate of drug-likeness (QED) is 0.748. The maximum absolute atomic E-state index is 12.2. The van der Waals surface area contributed by atoms with Gasteiger partial charge in [0.2, 0.25) is 0 Å². The van der Waals surface area contributed by atoms with Crippen molar-refractivity contribution in [2.24, 2.45) is 0 Å². The molecule has 1 N–H and O–H groups in total. The van der Waals surface area contributed by atoms with Crippen LogP contribution in [0.3, 0.4) is 0 Å². The normalized spacial score (nSPS) is 13.1. The first-order valence-corrected chi connectivity index (χ1v) is 7.77. The minimum atomic E-state index is -4.75. The zero-order chi connectivity index (χ0) is 18.9. The number of oxazole rings is 1. The molecule has 2 aromatic heterocycles. The number of aromatic nitrogens is 2. The highest BCUT2D eigenvalue weighted by Gasteiger charge is 2.31. The summed E-state index contributed by atoms with van der Waals surface area (Å²) in [6.07, 6.45) is -4.99. The molecule has 0 saturated carbocycles. The Morgan fingerprint density at radius 3 is 2.54 bits per heavy atom. The summed E-state index contributed by atoms with van der Waals surface area (Å²) in [5, 5.41) is 9.40. The zero-order valence-corrected chi connectivity index (χ0v) is 13.7. The molecule has 1 aromatic carbocycles. The molecule has 0 spiro atoms. The van der Waals surface area contributed by atoms with E-state index < -0.39 is 18.2 Å². The molecule has 26 heavy (non-hydrogen) atoms. The van der Waals surface area contributed by atoms with Crippen molar-refractivity contribution in [1.82, 2.24) is 9.55 Å². The van der Waals surface area contributed by atoms with Crippen molar-refractivity contribution < 1.29 is 27.4 Å². The number of aryl methyl sites for hydroxylation is 1. The summed E-state index contributed by atoms with van der Waals surface area (Å²) in [5.74, 6) is -0.918. The van der Waals surface area contributed by atoms with E-state index >= 15 is 0 Å². The predicted molar refractivity (Wildman–Crippen MR) is 86.7 cm³/mol. The number of alkyl halides is 3. The van der Waals surface area contributed by atoms with Gasteiger partial charge in [-0.2, -0.15) is 0 Å². The van der Waals surface area contributed by atoms with Gasteiger partial charge >= 0.3 is 12.1 Å². The van der Waals surface area contributed by atoms with Crippen LogP contribution in [0.15, 0.2) is 45.6 Å². The minimum Gasteiger partial charge on any atom is -0.406 e. The number of aliphatic hydroxyl groups is 1. The summed E-state index contributed by atoms with van der Waals surface area (Å²) < 4.78 is 46.9. The number of benzene rings is 1. The van der Waals surface area contributed by atoms with Gasteiger partial charge in [0.15, 0.2) is 11.2 Å². The monoisotopic (exact) mass is 368 g/mol. The molecule has 3 rings (SSSR count). The van der Waals surface area contributed by atoms with Gasteiger partial charge in [-0.05, 0) is 49.7 Å². The van der Waals surface area contributed by atoms with Crippen LogP contribution < -0.4 is 10.5 Å². The van der Waals surface area contributed by atoms with Crippen molar-refractivity contribution in [2.45, 2.75) is 32.4 Å². The van der Waals surface area contributed by atoms with Gasteiger partial charge in [0.1, 0.15) is 5.75 Å². The Kier molecular flexibility index (Phi) is 4.73. The number of hydrogen-bond acceptors (Lipinski definition) is 5. The molecule has 0 amide bonds. The summed E-state index contributed by atoms with van der Waals surface area (Å²) >= 11 is 0. The Balaban J connectivity index is 1.93. The minimum absolute atomic E-state index is 0.234. The Bertz CT molecular complexity index is 959. The first-order valence-electron chi connectivity index (χ1n) is 7.77. The predicted octanol–water partition coefficient (Wildman–Crippen LogP) is 3.33. The first-order chi connectivity index (χ1) is 12.2. The number of nitrogens with zero attached hydrogens (tertiary/aromatic N) is 2. The lowest BCUT2D eigenvalue weighted by Crippen LogP contribution is -2.17. The van der Waals surface area contributed by atoms with Crippen LogP contribution in [0.2, 0.25) is 0 Å². The van der Waals surface area contributed by atoms with E-state index in [2.05, 4.69) is 9.72 Å². The maximum Gasteiger partial charge on any atom is 0.573 e. The summed E-state index contributed by atoms with van der Waals surface area (Å²) in [5.41, 5.74) is 1.62. The van der Waals surface area contributed by atoms with Crippen LogP contribution in [0.4, 0.5) is 13.2 Å². The third-order valence-electron chi connectivity index (χ3n) is 3.67. The van der Waals surface area contributed by atoms with E-state index in [4.69, 9.17) is 4.42 Å². The fourth-order valence-electron chi connectivity index (χ4n) is 2.45. The van der Waals surface area contributed by atoms with Gasteiger partial charge in [-0.25, -0.2) is 9.78 Å². The molecule has 0 radical (unpaired) electrons. The van der Waals surface area contributed by atoms with Crippen molar-refractivity contribution in [1.29, 1.82) is 0 Å². The summed E-state index contributed by atoms with van der Waals surface area (Å²) in [6, 6.07) is 8.41. The number of aliphatic hydroxyl groups excluding tert-OH is 1. The fraction of sp³-hybridized carbons (Fsp3) is 0.294. The van der Waals surface area contributed by atoms with Gasteiger partial charge in [-0.1, -0.05) is 0 Å². The summed E-state index contributed by atoms with van der Waals surface area (Å²) in [7, 11) is 0. The van der Waals surface area contributed by atoms with Crippen LogP contribution in [0.25, 0.3) is 22.5 Å². The number of hydrogen-bond donors (Lipinski definition) is 1. The zero-order valence-electron chi connectivity index (χ0n) is 13.7. The highest BCUT2D eigenvalue weighted by molar-refractivity contribution is 5.73. The lowest BCUT2D eigenvalue weighted by atomic mass is 10.1. The number of halogens is 3. The highest BCUT2D eigenvalue weighted by atomic mass is 19.4. The Morgan fingerprint density at radius 2 is 1.92 bits per heavy atom. The molecule has 1 atom stereocenters. The largest absolute Gasteiger partial charge is 0.573 e. The average molecular weight is 368 g/mol. The number of ether oxygens (including phenoxy) is 1. The molecule has 3 aromatic rings. The van der Waals surface area contributed by atoms with Crippen LogP contribution in [0.1, 0.15) is 13.3 Å². The maximum atomic E-state index is 12.2. The average Bonchev–Trinajstić information content (AvgIpc) is 2.86. The Morgan fingerprint density at radius 1 is 1.23 bits per heavy atom. The molecular weight excluding hydrogens is 353 g/mol. The van der Waals surface area contributed by atoms with Gasteiger partial charge < -0.3 is 14.3 Å². The third kappa shape index (κ3) is 4.05. The molecule has 2 heterocycles. The summed E-state index contributed by atoms with van der Waals surface area (Å²) in [4.78, 5) is 16.3. The van der Waals surface area contributed by atoms with Crippen molar-refractivity contribution >= 4 is 11.2 Å². The molecule has 6 nitrogen and oxygen atoms in total. The lowest BCUT2D eigenvalue weighted by molar-refractivity contribution is -0.274. The third-order valence-corrected chi connectivity index (χ3v) is 3.67. The van der Waals surface area contributed by atoms with Crippen molar-refractivity contribution in [3.63, 3.8) is 0 Å². The van der Waals surface area contributed by atoms with Crippen molar-refractivity contribution in [3.05, 3.63) is 46.9 Å². The SMILES string of the molecule is C[C@@H](O)CCn1c(=O)oc2ccc(-c3ccc(OC(F)(F)F)cc3)nc21. The van der Waals surface area contributed by atoms with Crippen LogP contribution in [0, 0.1) is 0 Å². The van der Waals surface area contributed by atoms with Gasteiger partial charge in [0, 0.05) is 12.1 Å². The van der Waals surface area contributed by atoms with E-state index in [1.165, 1.54) is 28.8 Å². The number of pyridine rings is 1. The molecule has 0 fully saturated rings. The second-order valence-electron chi connectivity index (χ2n) is 5.75. The molecule has 9 heteroatoms. The molecule has 0 bridgehead atoms. The van der Waals surface area contributed by atoms with Gasteiger partial charge in [-0.3, -0.25) is 4.57 Å². The lowest BCUT2D eigenvalue weighted by Gasteiger charge is -2.09. The Labute approximate surface area is 145 Å². The summed E-state index contributed by atoms with van der Waals surface area (Å²) in [6.45, 7) is 1.84. The number of rotatable bonds is 5. The van der Waals surface area contributed by atoms with E-state index in [-0.39, 0.29) is 12.3 Å². The van der Waals surface area contributed by atoms with Gasteiger partial charge in [-0.15, -0.1) is 13.2 Å². The Hall–Kier alpha value is -2.81. The van der Waals surface area contributed by atoms with Crippen molar-refractivity contribution in [3.8, 4) is 17.0 Å². The number of fused-ring (bicyclic) bond motifs is 1. The van der Waals surface area contributed by atoms with E-state index in [0.717, 1.165) is 0 Å². The van der Waals surface area contributed by atoms with Crippen molar-refractivity contribution in [2.75, 3.05) is 0 Å². The van der Waals surface area contributed by atoms with Crippen LogP contribution in [-0.2, 0) is 6.54 Å². The van der Waals surface area contributed by atoms with Crippen LogP contribution in [-0.4, -0.2) is 27.1 Å². The van der Waals surface area contributed by atoms with Gasteiger partial charge in [0.05, 0.1) is 11.8 Å². The van der Waals surface area contributed by atoms with E-state index in [1.807, 2.05) is 0 Å². The highest BCUT2D eigenvalue weighted by Crippen LogP contribution is 2.26. The molecular formula is C17H15F3N2O4. The molecule has 0 unspecified atom stereocenters. The molecule has 138 valence electrons. The topological polar surface area (TPSA) is 77.5 Å². The fourth-order valence-corrected chi connectivity index (χ4v) is 2.45. The van der Waals surface area contributed by atoms with E-state index in [1.54, 1.807) is 19.1 Å². The van der Waals surface area contributed by atoms with E-state index in [9.17, 15) is 23.1 Å². The first kappa shape index (κ1) is 18.0. The molecule has 0 aliphatic carbocycles. The second kappa shape index (κ2) is 6.83.